The summed E-state index contributed by atoms with van der Waals surface area (Å²) in [6, 6.07) is 0. The molecule has 0 aliphatic heterocycles. The van der Waals surface area contributed by atoms with Crippen LogP contribution in [0.2, 0.25) is 0 Å². The normalized spacial score (nSPS) is 29.8. The van der Waals surface area contributed by atoms with Crippen LogP contribution in [0.5, 0.6) is 0 Å². The van der Waals surface area contributed by atoms with Gasteiger partial charge >= 0.3 is 0 Å². The van der Waals surface area contributed by atoms with Gasteiger partial charge in [-0.05, 0) is 24.2 Å². The van der Waals surface area contributed by atoms with Gasteiger partial charge < -0.3 is 0 Å². The van der Waals surface area contributed by atoms with Crippen molar-refractivity contribution in [2.24, 2.45) is 17.8 Å². The molecule has 78 valence electrons. The first-order valence-corrected chi connectivity index (χ1v) is 6.24. The van der Waals surface area contributed by atoms with Gasteiger partial charge in [0, 0.05) is 0 Å². The highest BCUT2D eigenvalue weighted by molar-refractivity contribution is 4.77. The molecule has 1 aliphatic rings. The van der Waals surface area contributed by atoms with E-state index in [0.29, 0.717) is 0 Å². The monoisotopic (exact) mass is 182 g/mol. The van der Waals surface area contributed by atoms with Crippen LogP contribution in [0.15, 0.2) is 0 Å². The van der Waals surface area contributed by atoms with Crippen molar-refractivity contribution in [2.45, 2.75) is 65.7 Å². The SMILES string of the molecule is CCCC(C)CCCC1CCC1C. The van der Waals surface area contributed by atoms with E-state index < -0.39 is 0 Å². The van der Waals surface area contributed by atoms with Gasteiger partial charge in [-0.25, -0.2) is 0 Å². The van der Waals surface area contributed by atoms with Gasteiger partial charge in [0.05, 0.1) is 0 Å². The highest BCUT2D eigenvalue weighted by Crippen LogP contribution is 2.37. The molecule has 0 heteroatoms. The summed E-state index contributed by atoms with van der Waals surface area (Å²) in [6.07, 6.45) is 10.3. The van der Waals surface area contributed by atoms with Crippen molar-refractivity contribution in [1.29, 1.82) is 0 Å². The summed E-state index contributed by atoms with van der Waals surface area (Å²) < 4.78 is 0. The van der Waals surface area contributed by atoms with E-state index in [4.69, 9.17) is 0 Å². The third-order valence-corrected chi connectivity index (χ3v) is 3.85. The predicted octanol–water partition coefficient (Wildman–Crippen LogP) is 4.64. The molecular formula is C13H26. The Labute approximate surface area is 84.1 Å². The Morgan fingerprint density at radius 1 is 1.23 bits per heavy atom. The molecule has 0 spiro atoms. The zero-order valence-corrected chi connectivity index (χ0v) is 9.68. The van der Waals surface area contributed by atoms with Crippen molar-refractivity contribution in [2.75, 3.05) is 0 Å². The fraction of sp³-hybridized carbons (Fsp3) is 1.00. The van der Waals surface area contributed by atoms with E-state index in [9.17, 15) is 0 Å². The molecule has 0 aromatic rings. The highest BCUT2D eigenvalue weighted by atomic mass is 14.3. The summed E-state index contributed by atoms with van der Waals surface area (Å²) in [5.41, 5.74) is 0. The quantitative estimate of drug-likeness (QED) is 0.561. The maximum Gasteiger partial charge on any atom is -0.0388 e. The molecule has 13 heavy (non-hydrogen) atoms. The second kappa shape index (κ2) is 5.67. The van der Waals surface area contributed by atoms with E-state index in [1.54, 1.807) is 0 Å². The fourth-order valence-corrected chi connectivity index (χ4v) is 2.53. The van der Waals surface area contributed by atoms with Crippen LogP contribution in [-0.4, -0.2) is 0 Å². The molecule has 0 aromatic heterocycles. The van der Waals surface area contributed by atoms with E-state index in [-0.39, 0.29) is 0 Å². The van der Waals surface area contributed by atoms with Gasteiger partial charge in [-0.15, -0.1) is 0 Å². The first-order chi connectivity index (χ1) is 6.24. The molecule has 1 fully saturated rings. The molecule has 0 saturated heterocycles. The molecule has 0 aromatic carbocycles. The number of rotatable bonds is 6. The van der Waals surface area contributed by atoms with E-state index in [0.717, 1.165) is 17.8 Å². The number of hydrogen-bond donors (Lipinski definition) is 0. The van der Waals surface area contributed by atoms with Crippen molar-refractivity contribution in [3.8, 4) is 0 Å². The average Bonchev–Trinajstić information content (AvgIpc) is 2.10. The summed E-state index contributed by atoms with van der Waals surface area (Å²) in [4.78, 5) is 0. The maximum atomic E-state index is 2.42. The third-order valence-electron chi connectivity index (χ3n) is 3.85. The lowest BCUT2D eigenvalue weighted by molar-refractivity contribution is 0.176. The molecule has 1 aliphatic carbocycles. The van der Waals surface area contributed by atoms with Crippen molar-refractivity contribution in [3.63, 3.8) is 0 Å². The molecule has 0 heterocycles. The van der Waals surface area contributed by atoms with Crippen molar-refractivity contribution in [3.05, 3.63) is 0 Å². The minimum Gasteiger partial charge on any atom is -0.0654 e. The van der Waals surface area contributed by atoms with Crippen molar-refractivity contribution in [1.82, 2.24) is 0 Å². The lowest BCUT2D eigenvalue weighted by Gasteiger charge is -2.34. The molecule has 0 radical (unpaired) electrons. The van der Waals surface area contributed by atoms with Gasteiger partial charge in [-0.2, -0.15) is 0 Å². The first kappa shape index (κ1) is 11.1. The smallest absolute Gasteiger partial charge is 0.0388 e. The predicted molar refractivity (Wildman–Crippen MR) is 59.8 cm³/mol. The first-order valence-electron chi connectivity index (χ1n) is 6.24. The van der Waals surface area contributed by atoms with Crippen molar-refractivity contribution >= 4 is 0 Å². The Kier molecular flexibility index (Phi) is 4.83. The Hall–Kier alpha value is 0. The Balaban J connectivity index is 1.94. The van der Waals surface area contributed by atoms with Crippen LogP contribution in [0.25, 0.3) is 0 Å². The Bertz CT molecular complexity index is 128. The van der Waals surface area contributed by atoms with E-state index in [1.807, 2.05) is 0 Å². The zero-order chi connectivity index (χ0) is 9.68. The molecular weight excluding hydrogens is 156 g/mol. The van der Waals surface area contributed by atoms with Gasteiger partial charge in [0.1, 0.15) is 0 Å². The Morgan fingerprint density at radius 2 is 2.00 bits per heavy atom. The van der Waals surface area contributed by atoms with Crippen molar-refractivity contribution < 1.29 is 0 Å². The van der Waals surface area contributed by atoms with Gasteiger partial charge in [-0.1, -0.05) is 59.3 Å². The van der Waals surface area contributed by atoms with Gasteiger partial charge in [-0.3, -0.25) is 0 Å². The minimum atomic E-state index is 0.973. The molecule has 3 atom stereocenters. The van der Waals surface area contributed by atoms with Crippen LogP contribution in [0, 0.1) is 17.8 Å². The molecule has 1 rings (SSSR count). The maximum absolute atomic E-state index is 2.42. The average molecular weight is 182 g/mol. The summed E-state index contributed by atoms with van der Waals surface area (Å²) in [5, 5.41) is 0. The molecule has 0 bridgehead atoms. The lowest BCUT2D eigenvalue weighted by Crippen LogP contribution is -2.22. The van der Waals surface area contributed by atoms with Gasteiger partial charge in [0.15, 0.2) is 0 Å². The van der Waals surface area contributed by atoms with Crippen LogP contribution < -0.4 is 0 Å². The standard InChI is InChI=1S/C13H26/c1-4-6-11(2)7-5-8-13-10-9-12(13)3/h11-13H,4-10H2,1-3H3. The molecule has 1 saturated carbocycles. The molecule has 0 N–H and O–H groups in total. The lowest BCUT2D eigenvalue weighted by atomic mass is 9.72. The van der Waals surface area contributed by atoms with Crippen LogP contribution in [0.1, 0.15) is 65.7 Å². The van der Waals surface area contributed by atoms with Crippen LogP contribution in [0.3, 0.4) is 0 Å². The largest absolute Gasteiger partial charge is 0.0654 e. The van der Waals surface area contributed by atoms with Crippen LogP contribution >= 0.6 is 0 Å². The second-order valence-corrected chi connectivity index (χ2v) is 5.14. The van der Waals surface area contributed by atoms with Gasteiger partial charge in [0.25, 0.3) is 0 Å². The van der Waals surface area contributed by atoms with Crippen LogP contribution in [-0.2, 0) is 0 Å². The molecule has 3 unspecified atom stereocenters. The summed E-state index contributed by atoms with van der Waals surface area (Å²) in [7, 11) is 0. The van der Waals surface area contributed by atoms with Crippen LogP contribution in [0.4, 0.5) is 0 Å². The minimum absolute atomic E-state index is 0.973. The van der Waals surface area contributed by atoms with E-state index in [2.05, 4.69) is 20.8 Å². The third kappa shape index (κ3) is 3.70. The summed E-state index contributed by atoms with van der Waals surface area (Å²) in [6.45, 7) is 7.13. The zero-order valence-electron chi connectivity index (χ0n) is 9.68. The van der Waals surface area contributed by atoms with E-state index in [1.165, 1.54) is 44.9 Å². The topological polar surface area (TPSA) is 0 Å². The summed E-state index contributed by atoms with van der Waals surface area (Å²) in [5.74, 6) is 3.11. The number of hydrogen-bond acceptors (Lipinski definition) is 0. The Morgan fingerprint density at radius 3 is 2.46 bits per heavy atom. The molecule has 0 nitrogen and oxygen atoms in total. The fourth-order valence-electron chi connectivity index (χ4n) is 2.53. The second-order valence-electron chi connectivity index (χ2n) is 5.14. The van der Waals surface area contributed by atoms with E-state index >= 15 is 0 Å². The highest BCUT2D eigenvalue weighted by Gasteiger charge is 2.25. The summed E-state index contributed by atoms with van der Waals surface area (Å²) >= 11 is 0. The van der Waals surface area contributed by atoms with Gasteiger partial charge in [0.2, 0.25) is 0 Å². The molecule has 0 amide bonds.